The number of halogens is 3. The minimum atomic E-state index is -4.98. The van der Waals surface area contributed by atoms with Gasteiger partial charge in [-0.3, -0.25) is 9.59 Å². The lowest BCUT2D eigenvalue weighted by Crippen LogP contribution is -2.28. The van der Waals surface area contributed by atoms with Crippen LogP contribution in [-0.4, -0.2) is 32.0 Å². The number of nitrogens with zero attached hydrogens (tertiary/aromatic N) is 4. The minimum absolute atomic E-state index is 0.139. The first-order valence-corrected chi connectivity index (χ1v) is 13.7. The Kier molecular flexibility index (Phi) is 7.20. The number of aryl methyl sites for hydroxylation is 1. The quantitative estimate of drug-likeness (QED) is 0.221. The molecule has 12 heteroatoms. The molecule has 3 aromatic carbocycles. The van der Waals surface area contributed by atoms with E-state index in [1.807, 2.05) is 47.8 Å². The van der Waals surface area contributed by atoms with Crippen molar-refractivity contribution in [2.24, 2.45) is 0 Å². The smallest absolute Gasteiger partial charge is 0.403 e. The third kappa shape index (κ3) is 5.72. The van der Waals surface area contributed by atoms with Crippen molar-refractivity contribution in [2.75, 3.05) is 5.32 Å². The van der Waals surface area contributed by atoms with Gasteiger partial charge in [-0.25, -0.2) is 9.97 Å². The van der Waals surface area contributed by atoms with Gasteiger partial charge in [0.1, 0.15) is 12.0 Å². The predicted molar refractivity (Wildman–Crippen MR) is 157 cm³/mol. The average Bonchev–Trinajstić information content (AvgIpc) is 3.47. The SMILES string of the molecule is Cc1cc(=O)n(-c2ccccc2OC(F)(F)F)nc1C(=O)Nc1ccc(-c2ccccc2-c2ncnc3ccsc23)cc1. The Morgan fingerprint density at radius 2 is 1.65 bits per heavy atom. The number of amides is 1. The summed E-state index contributed by atoms with van der Waals surface area (Å²) in [5.41, 5.74) is 4.05. The zero-order valence-corrected chi connectivity index (χ0v) is 23.1. The van der Waals surface area contributed by atoms with Gasteiger partial charge >= 0.3 is 6.36 Å². The molecule has 3 heterocycles. The molecular formula is C31H20F3N5O3S. The van der Waals surface area contributed by atoms with Gasteiger partial charge in [-0.05, 0) is 59.3 Å². The molecule has 3 aromatic heterocycles. The number of anilines is 1. The Bertz CT molecular complexity index is 2040. The van der Waals surface area contributed by atoms with Gasteiger partial charge in [-0.1, -0.05) is 48.5 Å². The lowest BCUT2D eigenvalue weighted by Gasteiger charge is -2.15. The Morgan fingerprint density at radius 3 is 2.42 bits per heavy atom. The summed E-state index contributed by atoms with van der Waals surface area (Å²) in [6, 6.07) is 23.2. The fourth-order valence-electron chi connectivity index (χ4n) is 4.63. The van der Waals surface area contributed by atoms with E-state index in [-0.39, 0.29) is 16.9 Å². The van der Waals surface area contributed by atoms with Gasteiger partial charge < -0.3 is 10.1 Å². The normalized spacial score (nSPS) is 11.4. The van der Waals surface area contributed by atoms with E-state index in [0.29, 0.717) is 10.4 Å². The number of carbonyl (C=O) groups is 1. The second-order valence-electron chi connectivity index (χ2n) is 9.38. The third-order valence-corrected chi connectivity index (χ3v) is 7.45. The number of fused-ring (bicyclic) bond motifs is 1. The molecule has 0 saturated heterocycles. The molecule has 0 unspecified atom stereocenters. The number of hydrogen-bond acceptors (Lipinski definition) is 7. The highest BCUT2D eigenvalue weighted by Gasteiger charge is 2.32. The van der Waals surface area contributed by atoms with Crippen molar-refractivity contribution in [3.8, 4) is 33.8 Å². The zero-order valence-electron chi connectivity index (χ0n) is 22.3. The maximum atomic E-state index is 13.2. The lowest BCUT2D eigenvalue weighted by molar-refractivity contribution is -0.274. The van der Waals surface area contributed by atoms with E-state index < -0.39 is 23.6 Å². The van der Waals surface area contributed by atoms with Crippen molar-refractivity contribution < 1.29 is 22.7 Å². The average molecular weight is 600 g/mol. The summed E-state index contributed by atoms with van der Waals surface area (Å²) < 4.78 is 44.6. The Balaban J connectivity index is 1.28. The van der Waals surface area contributed by atoms with E-state index in [1.165, 1.54) is 25.1 Å². The van der Waals surface area contributed by atoms with Crippen LogP contribution in [0.5, 0.6) is 5.75 Å². The van der Waals surface area contributed by atoms with Crippen LogP contribution in [0.4, 0.5) is 18.9 Å². The van der Waals surface area contributed by atoms with Crippen LogP contribution in [0.3, 0.4) is 0 Å². The van der Waals surface area contributed by atoms with Crippen LogP contribution in [0, 0.1) is 6.92 Å². The van der Waals surface area contributed by atoms with Crippen LogP contribution in [0.15, 0.2) is 101 Å². The van der Waals surface area contributed by atoms with Crippen molar-refractivity contribution in [3.63, 3.8) is 0 Å². The Labute approximate surface area is 246 Å². The number of ether oxygens (including phenoxy) is 1. The predicted octanol–water partition coefficient (Wildman–Crippen LogP) is 7.03. The Morgan fingerprint density at radius 1 is 0.930 bits per heavy atom. The highest BCUT2D eigenvalue weighted by molar-refractivity contribution is 7.17. The molecule has 0 radical (unpaired) electrons. The van der Waals surface area contributed by atoms with Gasteiger partial charge in [0.25, 0.3) is 11.5 Å². The molecule has 0 saturated carbocycles. The molecule has 0 aliphatic carbocycles. The van der Waals surface area contributed by atoms with E-state index in [0.717, 1.165) is 44.7 Å². The molecule has 43 heavy (non-hydrogen) atoms. The van der Waals surface area contributed by atoms with Crippen LogP contribution >= 0.6 is 11.3 Å². The molecule has 0 aliphatic heterocycles. The number of thiophene rings is 1. The summed E-state index contributed by atoms with van der Waals surface area (Å²) in [7, 11) is 0. The van der Waals surface area contributed by atoms with Crippen molar-refractivity contribution in [2.45, 2.75) is 13.3 Å². The molecule has 214 valence electrons. The fourth-order valence-corrected chi connectivity index (χ4v) is 5.48. The molecule has 0 atom stereocenters. The van der Waals surface area contributed by atoms with Crippen molar-refractivity contribution in [3.05, 3.63) is 118 Å². The van der Waals surface area contributed by atoms with Gasteiger partial charge in [0.2, 0.25) is 0 Å². The molecular weight excluding hydrogens is 579 g/mol. The van der Waals surface area contributed by atoms with Gasteiger partial charge in [0, 0.05) is 17.3 Å². The number of nitrogens with one attached hydrogen (secondary N) is 1. The molecule has 6 aromatic rings. The number of benzene rings is 3. The molecule has 6 rings (SSSR count). The topological polar surface area (TPSA) is 99.0 Å². The number of alkyl halides is 3. The van der Waals surface area contributed by atoms with Gasteiger partial charge in [0.05, 0.1) is 15.9 Å². The van der Waals surface area contributed by atoms with Crippen LogP contribution in [0.1, 0.15) is 16.1 Å². The van der Waals surface area contributed by atoms with Crippen LogP contribution in [0.2, 0.25) is 0 Å². The molecule has 8 nitrogen and oxygen atoms in total. The molecule has 1 amide bonds. The van der Waals surface area contributed by atoms with E-state index in [9.17, 15) is 22.8 Å². The third-order valence-electron chi connectivity index (χ3n) is 6.54. The zero-order chi connectivity index (χ0) is 30.1. The summed E-state index contributed by atoms with van der Waals surface area (Å²) >= 11 is 1.57. The van der Waals surface area contributed by atoms with Crippen molar-refractivity contribution >= 4 is 33.1 Å². The Hall–Kier alpha value is -5.36. The lowest BCUT2D eigenvalue weighted by atomic mass is 9.97. The monoisotopic (exact) mass is 599 g/mol. The number of para-hydroxylation sites is 2. The molecule has 0 fully saturated rings. The van der Waals surface area contributed by atoms with E-state index in [2.05, 4.69) is 25.1 Å². The van der Waals surface area contributed by atoms with Crippen LogP contribution in [-0.2, 0) is 0 Å². The fraction of sp³-hybridized carbons (Fsp3) is 0.0645. The van der Waals surface area contributed by atoms with Gasteiger partial charge in [-0.2, -0.15) is 9.78 Å². The van der Waals surface area contributed by atoms with Crippen LogP contribution in [0.25, 0.3) is 38.3 Å². The highest BCUT2D eigenvalue weighted by Crippen LogP contribution is 2.36. The molecule has 1 N–H and O–H groups in total. The van der Waals surface area contributed by atoms with E-state index in [4.69, 9.17) is 0 Å². The summed E-state index contributed by atoms with van der Waals surface area (Å²) in [5.74, 6) is -1.27. The summed E-state index contributed by atoms with van der Waals surface area (Å²) in [4.78, 5) is 34.8. The second-order valence-corrected chi connectivity index (χ2v) is 10.3. The summed E-state index contributed by atoms with van der Waals surface area (Å²) in [5, 5.41) is 8.81. The standard InChI is InChI=1S/C31H20F3N5O3S/c1-18-16-26(40)39(24-8-4-5-9-25(24)42-31(32,33)34)38-27(18)30(41)37-20-12-10-19(11-13-20)21-6-2-3-7-22(21)28-29-23(14-15-43-29)35-17-36-28/h2-17H,1H3,(H,37,41). The first kappa shape index (κ1) is 27.8. The maximum absolute atomic E-state index is 13.2. The molecule has 0 bridgehead atoms. The highest BCUT2D eigenvalue weighted by atomic mass is 32.1. The summed E-state index contributed by atoms with van der Waals surface area (Å²) in [6.45, 7) is 1.52. The number of carbonyl (C=O) groups excluding carboxylic acids is 1. The largest absolute Gasteiger partial charge is 0.573 e. The first-order valence-electron chi connectivity index (χ1n) is 12.8. The van der Waals surface area contributed by atoms with E-state index >= 15 is 0 Å². The molecule has 0 spiro atoms. The minimum Gasteiger partial charge on any atom is -0.403 e. The van der Waals surface area contributed by atoms with Crippen LogP contribution < -0.4 is 15.6 Å². The second kappa shape index (κ2) is 11.1. The van der Waals surface area contributed by atoms with Gasteiger partial charge in [0.15, 0.2) is 11.4 Å². The van der Waals surface area contributed by atoms with Gasteiger partial charge in [-0.15, -0.1) is 24.5 Å². The number of aromatic nitrogens is 4. The number of hydrogen-bond donors (Lipinski definition) is 1. The number of rotatable bonds is 6. The molecule has 0 aliphatic rings. The maximum Gasteiger partial charge on any atom is 0.573 e. The van der Waals surface area contributed by atoms with Crippen molar-refractivity contribution in [1.82, 2.24) is 19.7 Å². The van der Waals surface area contributed by atoms with E-state index in [1.54, 1.807) is 29.8 Å². The first-order chi connectivity index (χ1) is 20.7. The summed E-state index contributed by atoms with van der Waals surface area (Å²) in [6.07, 6.45) is -3.44. The van der Waals surface area contributed by atoms with Crippen molar-refractivity contribution in [1.29, 1.82) is 0 Å².